The molecule has 2 N–H and O–H groups in total. The van der Waals surface area contributed by atoms with E-state index in [-0.39, 0.29) is 17.2 Å². The van der Waals surface area contributed by atoms with E-state index in [9.17, 15) is 22.8 Å². The summed E-state index contributed by atoms with van der Waals surface area (Å²) in [6, 6.07) is 5.49. The van der Waals surface area contributed by atoms with E-state index >= 15 is 0 Å². The number of aliphatic carboxylic acids is 1. The molecule has 2 rings (SSSR count). The van der Waals surface area contributed by atoms with Crippen LogP contribution in [0, 0.1) is 5.92 Å². The zero-order valence-electron chi connectivity index (χ0n) is 13.4. The Labute approximate surface area is 141 Å². The number of hydrogen-bond acceptors (Lipinski definition) is 3. The molecule has 9 heteroatoms. The molecule has 6 nitrogen and oxygen atoms in total. The van der Waals surface area contributed by atoms with Crippen LogP contribution >= 0.6 is 0 Å². The number of alkyl halides is 3. The molecule has 0 saturated heterocycles. The number of carboxylic acids is 1. The largest absolute Gasteiger partial charge is 0.480 e. The van der Waals surface area contributed by atoms with Crippen LogP contribution in [0.4, 0.5) is 13.2 Å². The molecule has 134 valence electrons. The summed E-state index contributed by atoms with van der Waals surface area (Å²) in [5.74, 6) is -2.13. The van der Waals surface area contributed by atoms with E-state index in [0.717, 1.165) is 16.9 Å². The van der Waals surface area contributed by atoms with Gasteiger partial charge in [0.1, 0.15) is 6.04 Å². The average molecular weight is 355 g/mol. The number of rotatable bonds is 5. The van der Waals surface area contributed by atoms with Gasteiger partial charge in [-0.1, -0.05) is 19.9 Å². The second-order valence-corrected chi connectivity index (χ2v) is 5.73. The smallest absolute Gasteiger partial charge is 0.435 e. The van der Waals surface area contributed by atoms with Crippen molar-refractivity contribution in [3.05, 3.63) is 47.8 Å². The fourth-order valence-electron chi connectivity index (χ4n) is 2.15. The SMILES string of the molecule is CC(C)C(NC(=O)c1cccc(-n2ccc(C(F)(F)F)n2)c1)C(=O)O. The summed E-state index contributed by atoms with van der Waals surface area (Å²) in [7, 11) is 0. The first kappa shape index (κ1) is 18.5. The van der Waals surface area contributed by atoms with E-state index in [0.29, 0.717) is 0 Å². The molecule has 0 radical (unpaired) electrons. The first-order valence-electron chi connectivity index (χ1n) is 7.36. The Morgan fingerprint density at radius 1 is 1.24 bits per heavy atom. The van der Waals surface area contributed by atoms with Gasteiger partial charge in [-0.05, 0) is 30.2 Å². The van der Waals surface area contributed by atoms with Crippen molar-refractivity contribution in [2.45, 2.75) is 26.1 Å². The summed E-state index contributed by atoms with van der Waals surface area (Å²) >= 11 is 0. The Hall–Kier alpha value is -2.84. The lowest BCUT2D eigenvalue weighted by molar-refractivity contribution is -0.141. The van der Waals surface area contributed by atoms with Crippen LogP contribution in [0.2, 0.25) is 0 Å². The van der Waals surface area contributed by atoms with Gasteiger partial charge in [-0.3, -0.25) is 4.79 Å². The molecular weight excluding hydrogens is 339 g/mol. The zero-order valence-corrected chi connectivity index (χ0v) is 13.4. The van der Waals surface area contributed by atoms with Crippen LogP contribution in [0.5, 0.6) is 0 Å². The first-order chi connectivity index (χ1) is 11.6. The fraction of sp³-hybridized carbons (Fsp3) is 0.312. The van der Waals surface area contributed by atoms with Crippen LogP contribution in [0.25, 0.3) is 5.69 Å². The number of aromatic nitrogens is 2. The fourth-order valence-corrected chi connectivity index (χ4v) is 2.15. The maximum absolute atomic E-state index is 12.6. The summed E-state index contributed by atoms with van der Waals surface area (Å²) in [5, 5.41) is 14.9. The molecule has 1 aromatic heterocycles. The van der Waals surface area contributed by atoms with Crippen molar-refractivity contribution < 1.29 is 27.9 Å². The van der Waals surface area contributed by atoms with Crippen LogP contribution in [-0.4, -0.2) is 32.8 Å². The van der Waals surface area contributed by atoms with Crippen LogP contribution in [0.1, 0.15) is 29.9 Å². The van der Waals surface area contributed by atoms with Crippen LogP contribution < -0.4 is 5.32 Å². The molecule has 0 aliphatic carbocycles. The highest BCUT2D eigenvalue weighted by molar-refractivity contribution is 5.97. The third kappa shape index (κ3) is 4.37. The highest BCUT2D eigenvalue weighted by Crippen LogP contribution is 2.27. The van der Waals surface area contributed by atoms with Crippen molar-refractivity contribution in [3.63, 3.8) is 0 Å². The minimum Gasteiger partial charge on any atom is -0.480 e. The van der Waals surface area contributed by atoms with Crippen molar-refractivity contribution in [1.29, 1.82) is 0 Å². The molecular formula is C16H16F3N3O3. The minimum atomic E-state index is -4.56. The number of halogens is 3. The maximum Gasteiger partial charge on any atom is 0.435 e. The number of benzene rings is 1. The molecule has 0 aliphatic rings. The van der Waals surface area contributed by atoms with E-state index < -0.39 is 29.8 Å². The summed E-state index contributed by atoms with van der Waals surface area (Å²) in [5.41, 5.74) is -0.680. The van der Waals surface area contributed by atoms with Gasteiger partial charge in [0.05, 0.1) is 5.69 Å². The lowest BCUT2D eigenvalue weighted by Crippen LogP contribution is -2.44. The van der Waals surface area contributed by atoms with Crippen molar-refractivity contribution in [1.82, 2.24) is 15.1 Å². The summed E-state index contributed by atoms with van der Waals surface area (Å²) in [6.07, 6.45) is -3.43. The van der Waals surface area contributed by atoms with Crippen LogP contribution in [0.3, 0.4) is 0 Å². The van der Waals surface area contributed by atoms with Gasteiger partial charge < -0.3 is 10.4 Å². The predicted octanol–water partition coefficient (Wildman–Crippen LogP) is 2.73. The first-order valence-corrected chi connectivity index (χ1v) is 7.36. The monoisotopic (exact) mass is 355 g/mol. The number of nitrogens with one attached hydrogen (secondary N) is 1. The van der Waals surface area contributed by atoms with Gasteiger partial charge in [-0.25, -0.2) is 9.48 Å². The molecule has 1 unspecified atom stereocenters. The molecule has 1 amide bonds. The molecule has 1 atom stereocenters. The van der Waals surface area contributed by atoms with Crippen LogP contribution in [0.15, 0.2) is 36.5 Å². The van der Waals surface area contributed by atoms with E-state index in [1.807, 2.05) is 0 Å². The number of carboxylic acid groups (broad SMARTS) is 1. The lowest BCUT2D eigenvalue weighted by Gasteiger charge is -2.18. The Kier molecular flexibility index (Phi) is 5.15. The normalized spacial score (nSPS) is 12.9. The summed E-state index contributed by atoms with van der Waals surface area (Å²) < 4.78 is 38.9. The quantitative estimate of drug-likeness (QED) is 0.864. The standard InChI is InChI=1S/C16H16F3N3O3/c1-9(2)13(15(24)25)20-14(23)10-4-3-5-11(8-10)22-7-6-12(21-22)16(17,18)19/h3-9,13H,1-2H3,(H,20,23)(H,24,25). The van der Waals surface area contributed by atoms with E-state index in [4.69, 9.17) is 5.11 Å². The van der Waals surface area contributed by atoms with Crippen molar-refractivity contribution in [3.8, 4) is 5.69 Å². The third-order valence-corrected chi connectivity index (χ3v) is 3.47. The lowest BCUT2D eigenvalue weighted by atomic mass is 10.0. The van der Waals surface area contributed by atoms with Gasteiger partial charge in [-0.15, -0.1) is 0 Å². The van der Waals surface area contributed by atoms with E-state index in [1.165, 1.54) is 24.3 Å². The molecule has 0 saturated carbocycles. The number of nitrogens with zero attached hydrogens (tertiary/aromatic N) is 2. The number of hydrogen-bond donors (Lipinski definition) is 2. The van der Waals surface area contributed by atoms with E-state index in [2.05, 4.69) is 10.4 Å². The van der Waals surface area contributed by atoms with Gasteiger partial charge in [-0.2, -0.15) is 18.3 Å². The van der Waals surface area contributed by atoms with Gasteiger partial charge in [0.25, 0.3) is 5.91 Å². The molecule has 0 fully saturated rings. The molecule has 1 heterocycles. The molecule has 0 bridgehead atoms. The van der Waals surface area contributed by atoms with Crippen molar-refractivity contribution >= 4 is 11.9 Å². The number of carbonyl (C=O) groups is 2. The predicted molar refractivity (Wildman–Crippen MR) is 82.3 cm³/mol. The highest BCUT2D eigenvalue weighted by atomic mass is 19.4. The zero-order chi connectivity index (χ0) is 18.8. The van der Waals surface area contributed by atoms with Crippen LogP contribution in [-0.2, 0) is 11.0 Å². The molecule has 1 aromatic carbocycles. The minimum absolute atomic E-state index is 0.119. The second kappa shape index (κ2) is 6.96. The topological polar surface area (TPSA) is 84.2 Å². The molecule has 2 aromatic rings. The summed E-state index contributed by atoms with van der Waals surface area (Å²) in [6.45, 7) is 3.30. The third-order valence-electron chi connectivity index (χ3n) is 3.47. The maximum atomic E-state index is 12.6. The van der Waals surface area contributed by atoms with Crippen molar-refractivity contribution in [2.24, 2.45) is 5.92 Å². The Balaban J connectivity index is 2.25. The Morgan fingerprint density at radius 2 is 1.92 bits per heavy atom. The molecule has 0 spiro atoms. The highest BCUT2D eigenvalue weighted by Gasteiger charge is 2.33. The summed E-state index contributed by atoms with van der Waals surface area (Å²) in [4.78, 5) is 23.4. The van der Waals surface area contributed by atoms with Gasteiger partial charge in [0, 0.05) is 11.8 Å². The second-order valence-electron chi connectivity index (χ2n) is 5.73. The van der Waals surface area contributed by atoms with Gasteiger partial charge >= 0.3 is 12.1 Å². The van der Waals surface area contributed by atoms with Gasteiger partial charge in [0.2, 0.25) is 0 Å². The van der Waals surface area contributed by atoms with Gasteiger partial charge in [0.15, 0.2) is 5.69 Å². The molecule has 0 aliphatic heterocycles. The number of carbonyl (C=O) groups excluding carboxylic acids is 1. The number of amides is 1. The molecule has 25 heavy (non-hydrogen) atoms. The Bertz CT molecular complexity index is 784. The average Bonchev–Trinajstić information content (AvgIpc) is 3.02. The Morgan fingerprint density at radius 3 is 2.44 bits per heavy atom. The van der Waals surface area contributed by atoms with E-state index in [1.54, 1.807) is 13.8 Å². The van der Waals surface area contributed by atoms with Crippen molar-refractivity contribution in [2.75, 3.05) is 0 Å².